The maximum absolute atomic E-state index is 3.45. The number of nitrogens with one attached hydrogen (secondary N) is 1. The van der Waals surface area contributed by atoms with Crippen LogP contribution in [-0.4, -0.2) is 31.1 Å². The smallest absolute Gasteiger partial charge is 0.0349 e. The lowest BCUT2D eigenvalue weighted by molar-refractivity contribution is 0.160. The van der Waals surface area contributed by atoms with E-state index in [0.717, 1.165) is 19.0 Å². The van der Waals surface area contributed by atoms with Crippen molar-refractivity contribution >= 4 is 24.8 Å². The van der Waals surface area contributed by atoms with Crippen LogP contribution < -0.4 is 5.32 Å². The topological polar surface area (TPSA) is 15.3 Å². The van der Waals surface area contributed by atoms with Gasteiger partial charge in [-0.25, -0.2) is 0 Å². The van der Waals surface area contributed by atoms with Crippen LogP contribution in [0.25, 0.3) is 0 Å². The molecule has 1 aromatic rings. The SMILES string of the molecule is Cc1ccc([C@@H](CCC(C)C)N2CCNCC2)cc1.Cl.Cl. The molecule has 0 saturated carbocycles. The van der Waals surface area contributed by atoms with Crippen molar-refractivity contribution in [3.63, 3.8) is 0 Å². The van der Waals surface area contributed by atoms with Gasteiger partial charge in [-0.05, 0) is 31.2 Å². The second-order valence-electron chi connectivity index (χ2n) is 6.18. The number of hydrogen-bond donors (Lipinski definition) is 1. The Hall–Kier alpha value is -0.280. The number of halogens is 2. The maximum Gasteiger partial charge on any atom is 0.0349 e. The first-order valence-electron chi connectivity index (χ1n) is 7.68. The largest absolute Gasteiger partial charge is 0.314 e. The van der Waals surface area contributed by atoms with Crippen LogP contribution >= 0.6 is 24.8 Å². The number of benzene rings is 1. The summed E-state index contributed by atoms with van der Waals surface area (Å²) in [5.74, 6) is 0.788. The van der Waals surface area contributed by atoms with Gasteiger partial charge in [0.25, 0.3) is 0 Å². The third-order valence-electron chi connectivity index (χ3n) is 4.07. The van der Waals surface area contributed by atoms with Gasteiger partial charge in [-0.15, -0.1) is 24.8 Å². The van der Waals surface area contributed by atoms with Crippen LogP contribution in [0.1, 0.15) is 43.9 Å². The molecule has 0 unspecified atom stereocenters. The van der Waals surface area contributed by atoms with Gasteiger partial charge in [-0.3, -0.25) is 4.90 Å². The Balaban J connectivity index is 0.00000200. The van der Waals surface area contributed by atoms with Crippen LogP contribution in [0.15, 0.2) is 24.3 Å². The van der Waals surface area contributed by atoms with Crippen molar-refractivity contribution < 1.29 is 0 Å². The van der Waals surface area contributed by atoms with Crippen molar-refractivity contribution in [2.24, 2.45) is 5.92 Å². The predicted molar refractivity (Wildman–Crippen MR) is 96.9 cm³/mol. The molecule has 0 aliphatic carbocycles. The predicted octanol–water partition coefficient (Wildman–Crippen LogP) is 4.22. The molecule has 4 heteroatoms. The molecule has 0 amide bonds. The average Bonchev–Trinajstić information content (AvgIpc) is 2.42. The number of nitrogens with zero attached hydrogens (tertiary/aromatic N) is 1. The third kappa shape index (κ3) is 6.56. The molecular weight excluding hydrogens is 303 g/mol. The van der Waals surface area contributed by atoms with E-state index in [2.05, 4.69) is 55.3 Å². The molecule has 0 spiro atoms. The van der Waals surface area contributed by atoms with Crippen molar-refractivity contribution in [2.45, 2.75) is 39.7 Å². The van der Waals surface area contributed by atoms with E-state index >= 15 is 0 Å². The molecule has 0 bridgehead atoms. The summed E-state index contributed by atoms with van der Waals surface area (Å²) < 4.78 is 0. The fraction of sp³-hybridized carbons (Fsp3) is 0.647. The second-order valence-corrected chi connectivity index (χ2v) is 6.18. The number of aryl methyl sites for hydroxylation is 1. The molecule has 1 atom stereocenters. The van der Waals surface area contributed by atoms with Gasteiger partial charge in [-0.1, -0.05) is 43.7 Å². The molecule has 0 aromatic heterocycles. The van der Waals surface area contributed by atoms with E-state index in [9.17, 15) is 0 Å². The van der Waals surface area contributed by atoms with E-state index < -0.39 is 0 Å². The van der Waals surface area contributed by atoms with Gasteiger partial charge in [0.2, 0.25) is 0 Å². The van der Waals surface area contributed by atoms with Crippen LogP contribution in [0.2, 0.25) is 0 Å². The summed E-state index contributed by atoms with van der Waals surface area (Å²) in [4.78, 5) is 2.66. The fourth-order valence-corrected chi connectivity index (χ4v) is 2.83. The average molecular weight is 333 g/mol. The molecule has 1 saturated heterocycles. The lowest BCUT2D eigenvalue weighted by atomic mass is 9.95. The third-order valence-corrected chi connectivity index (χ3v) is 4.07. The van der Waals surface area contributed by atoms with Crippen LogP contribution in [0.3, 0.4) is 0 Å². The zero-order valence-corrected chi connectivity index (χ0v) is 15.1. The zero-order chi connectivity index (χ0) is 13.7. The monoisotopic (exact) mass is 332 g/mol. The Morgan fingerprint density at radius 1 is 1.00 bits per heavy atom. The summed E-state index contributed by atoms with van der Waals surface area (Å²) in [5.41, 5.74) is 2.85. The molecule has 21 heavy (non-hydrogen) atoms. The first kappa shape index (κ1) is 20.7. The maximum atomic E-state index is 3.45. The minimum atomic E-state index is 0. The summed E-state index contributed by atoms with van der Waals surface area (Å²) in [7, 11) is 0. The molecule has 0 radical (unpaired) electrons. The molecule has 1 N–H and O–H groups in total. The van der Waals surface area contributed by atoms with Gasteiger partial charge < -0.3 is 5.32 Å². The summed E-state index contributed by atoms with van der Waals surface area (Å²) in [5, 5.41) is 3.45. The second kappa shape index (κ2) is 10.4. The minimum absolute atomic E-state index is 0. The lowest BCUT2D eigenvalue weighted by Crippen LogP contribution is -2.45. The van der Waals surface area contributed by atoms with E-state index in [0.29, 0.717) is 6.04 Å². The highest BCUT2D eigenvalue weighted by molar-refractivity contribution is 5.85. The van der Waals surface area contributed by atoms with E-state index in [1.54, 1.807) is 0 Å². The van der Waals surface area contributed by atoms with Gasteiger partial charge in [0, 0.05) is 32.2 Å². The summed E-state index contributed by atoms with van der Waals surface area (Å²) in [6.07, 6.45) is 2.59. The highest BCUT2D eigenvalue weighted by atomic mass is 35.5. The first-order chi connectivity index (χ1) is 9.16. The van der Waals surface area contributed by atoms with Crippen molar-refractivity contribution in [2.75, 3.05) is 26.2 Å². The van der Waals surface area contributed by atoms with Crippen LogP contribution in [-0.2, 0) is 0 Å². The quantitative estimate of drug-likeness (QED) is 0.868. The van der Waals surface area contributed by atoms with Crippen molar-refractivity contribution in [3.05, 3.63) is 35.4 Å². The highest BCUT2D eigenvalue weighted by Crippen LogP contribution is 2.27. The Labute approximate surface area is 142 Å². The molecule has 1 heterocycles. The number of hydrogen-bond acceptors (Lipinski definition) is 2. The van der Waals surface area contributed by atoms with Crippen LogP contribution in [0.5, 0.6) is 0 Å². The molecule has 2 rings (SSSR count). The molecule has 1 aliphatic rings. The molecule has 1 aliphatic heterocycles. The molecule has 122 valence electrons. The van der Waals surface area contributed by atoms with Gasteiger partial charge in [0.15, 0.2) is 0 Å². The van der Waals surface area contributed by atoms with Crippen molar-refractivity contribution in [3.8, 4) is 0 Å². The number of piperazine rings is 1. The Morgan fingerprint density at radius 2 is 1.57 bits per heavy atom. The summed E-state index contributed by atoms with van der Waals surface area (Å²) in [6.45, 7) is 11.4. The molecule has 1 fully saturated rings. The van der Waals surface area contributed by atoms with Gasteiger partial charge in [0.05, 0.1) is 0 Å². The van der Waals surface area contributed by atoms with Gasteiger partial charge in [-0.2, -0.15) is 0 Å². The van der Waals surface area contributed by atoms with E-state index in [4.69, 9.17) is 0 Å². The van der Waals surface area contributed by atoms with Crippen LogP contribution in [0, 0.1) is 12.8 Å². The van der Waals surface area contributed by atoms with Gasteiger partial charge in [0.1, 0.15) is 0 Å². The Bertz CT molecular complexity index is 373. The fourth-order valence-electron chi connectivity index (χ4n) is 2.83. The normalized spacial score (nSPS) is 17.0. The van der Waals surface area contributed by atoms with Crippen molar-refractivity contribution in [1.29, 1.82) is 0 Å². The minimum Gasteiger partial charge on any atom is -0.314 e. The van der Waals surface area contributed by atoms with E-state index in [-0.39, 0.29) is 24.8 Å². The highest BCUT2D eigenvalue weighted by Gasteiger charge is 2.21. The van der Waals surface area contributed by atoms with Crippen molar-refractivity contribution in [1.82, 2.24) is 10.2 Å². The van der Waals surface area contributed by atoms with Crippen LogP contribution in [0.4, 0.5) is 0 Å². The zero-order valence-electron chi connectivity index (χ0n) is 13.5. The summed E-state index contributed by atoms with van der Waals surface area (Å²) in [6, 6.07) is 9.75. The Kier molecular flexibility index (Phi) is 10.3. The van der Waals surface area contributed by atoms with E-state index in [1.165, 1.54) is 37.1 Å². The molecular formula is C17H30Cl2N2. The first-order valence-corrected chi connectivity index (χ1v) is 7.68. The molecule has 2 nitrogen and oxygen atoms in total. The number of rotatable bonds is 5. The molecule has 1 aromatic carbocycles. The van der Waals surface area contributed by atoms with Gasteiger partial charge >= 0.3 is 0 Å². The lowest BCUT2D eigenvalue weighted by Gasteiger charge is -2.35. The summed E-state index contributed by atoms with van der Waals surface area (Å²) >= 11 is 0. The standard InChI is InChI=1S/C17H28N2.2ClH/c1-14(2)4-9-17(19-12-10-18-11-13-19)16-7-5-15(3)6-8-16;;/h5-8,14,17-18H,4,9-13H2,1-3H3;2*1H/t17-;;/m1../s1. The Morgan fingerprint density at radius 3 is 2.10 bits per heavy atom. The van der Waals surface area contributed by atoms with E-state index in [1.807, 2.05) is 0 Å².